The van der Waals surface area contributed by atoms with Gasteiger partial charge in [-0.05, 0) is 31.5 Å². The summed E-state index contributed by atoms with van der Waals surface area (Å²) < 4.78 is 7.74. The van der Waals surface area contributed by atoms with Gasteiger partial charge in [0.1, 0.15) is 12.4 Å². The Morgan fingerprint density at radius 1 is 1.44 bits per heavy atom. The minimum absolute atomic E-state index is 0.0345. The second kappa shape index (κ2) is 7.70. The third-order valence-electron chi connectivity index (χ3n) is 4.72. The van der Waals surface area contributed by atoms with Crippen molar-refractivity contribution >= 4 is 5.91 Å². The molecule has 1 amide bonds. The molecule has 0 aliphatic carbocycles. The number of hydrogen-bond donors (Lipinski definition) is 1. The molecule has 2 heterocycles. The van der Waals surface area contributed by atoms with E-state index in [1.807, 2.05) is 51.5 Å². The summed E-state index contributed by atoms with van der Waals surface area (Å²) in [6.07, 6.45) is 2.78. The van der Waals surface area contributed by atoms with Crippen molar-refractivity contribution in [1.82, 2.24) is 19.8 Å². The number of nitrogens with one attached hydrogen (secondary N) is 1. The first kappa shape index (κ1) is 17.5. The molecule has 1 N–H and O–H groups in total. The number of fused-ring (bicyclic) bond motifs is 1. The third kappa shape index (κ3) is 4.20. The average molecular weight is 342 g/mol. The van der Waals surface area contributed by atoms with E-state index in [0.717, 1.165) is 36.5 Å². The summed E-state index contributed by atoms with van der Waals surface area (Å²) in [5.41, 5.74) is 3.51. The number of aryl methyl sites for hydroxylation is 2. The van der Waals surface area contributed by atoms with Crippen LogP contribution in [0.3, 0.4) is 0 Å². The fourth-order valence-corrected chi connectivity index (χ4v) is 3.17. The first-order chi connectivity index (χ1) is 12.0. The van der Waals surface area contributed by atoms with Crippen molar-refractivity contribution in [2.75, 3.05) is 19.7 Å². The molecule has 1 aromatic carbocycles. The first-order valence-corrected chi connectivity index (χ1v) is 8.75. The van der Waals surface area contributed by atoms with Crippen LogP contribution >= 0.6 is 0 Å². The van der Waals surface area contributed by atoms with Crippen molar-refractivity contribution in [3.8, 4) is 5.75 Å². The van der Waals surface area contributed by atoms with Gasteiger partial charge in [-0.15, -0.1) is 0 Å². The largest absolute Gasteiger partial charge is 0.492 e. The van der Waals surface area contributed by atoms with Crippen molar-refractivity contribution in [1.29, 1.82) is 0 Å². The van der Waals surface area contributed by atoms with Crippen molar-refractivity contribution in [2.45, 2.75) is 32.9 Å². The normalized spacial score (nSPS) is 15.5. The zero-order valence-corrected chi connectivity index (χ0v) is 15.2. The summed E-state index contributed by atoms with van der Waals surface area (Å²) >= 11 is 0. The predicted molar refractivity (Wildman–Crippen MR) is 96.5 cm³/mol. The molecule has 0 fully saturated rings. The molecule has 3 rings (SSSR count). The van der Waals surface area contributed by atoms with Crippen molar-refractivity contribution in [3.63, 3.8) is 0 Å². The van der Waals surface area contributed by atoms with Crippen LogP contribution in [0, 0.1) is 6.92 Å². The smallest absolute Gasteiger partial charge is 0.237 e. The lowest BCUT2D eigenvalue weighted by Crippen LogP contribution is -2.47. The number of carbonyl (C=O) groups is 1. The lowest BCUT2D eigenvalue weighted by molar-refractivity contribution is -0.126. The Labute approximate surface area is 148 Å². The highest BCUT2D eigenvalue weighted by Gasteiger charge is 2.27. The molecule has 6 nitrogen and oxygen atoms in total. The van der Waals surface area contributed by atoms with Gasteiger partial charge in [-0.25, -0.2) is 4.98 Å². The van der Waals surface area contributed by atoms with Gasteiger partial charge in [0.2, 0.25) is 5.91 Å². The van der Waals surface area contributed by atoms with E-state index in [0.29, 0.717) is 13.2 Å². The van der Waals surface area contributed by atoms with E-state index in [-0.39, 0.29) is 11.9 Å². The molecule has 134 valence electrons. The number of hydrogen-bond acceptors (Lipinski definition) is 4. The number of benzene rings is 1. The second-order valence-electron chi connectivity index (χ2n) is 6.60. The zero-order valence-electron chi connectivity index (χ0n) is 15.2. The highest BCUT2D eigenvalue weighted by Crippen LogP contribution is 2.18. The molecule has 2 aromatic rings. The molecule has 0 bridgehead atoms. The van der Waals surface area contributed by atoms with Crippen LogP contribution in [-0.2, 0) is 24.8 Å². The molecular formula is C19H26N4O2. The topological polar surface area (TPSA) is 59.4 Å². The van der Waals surface area contributed by atoms with Gasteiger partial charge in [0.05, 0.1) is 24.6 Å². The molecule has 25 heavy (non-hydrogen) atoms. The van der Waals surface area contributed by atoms with E-state index < -0.39 is 0 Å². The molecule has 1 aromatic heterocycles. The number of amides is 1. The van der Waals surface area contributed by atoms with Crippen molar-refractivity contribution in [3.05, 3.63) is 47.5 Å². The van der Waals surface area contributed by atoms with E-state index in [2.05, 4.69) is 19.8 Å². The van der Waals surface area contributed by atoms with Crippen molar-refractivity contribution < 1.29 is 9.53 Å². The maximum Gasteiger partial charge on any atom is 0.237 e. The quantitative estimate of drug-likeness (QED) is 0.812. The molecular weight excluding hydrogens is 316 g/mol. The van der Waals surface area contributed by atoms with Crippen LogP contribution in [0.4, 0.5) is 0 Å². The molecule has 0 saturated heterocycles. The van der Waals surface area contributed by atoms with Gasteiger partial charge in [0.15, 0.2) is 0 Å². The summed E-state index contributed by atoms with van der Waals surface area (Å²) in [6.45, 7) is 6.55. The molecule has 0 unspecified atom stereocenters. The van der Waals surface area contributed by atoms with Crippen LogP contribution < -0.4 is 10.1 Å². The maximum absolute atomic E-state index is 12.4. The fraction of sp³-hybridized carbons (Fsp3) is 0.474. The highest BCUT2D eigenvalue weighted by molar-refractivity contribution is 5.81. The van der Waals surface area contributed by atoms with Gasteiger partial charge in [-0.3, -0.25) is 9.69 Å². The number of carbonyl (C=O) groups excluding carboxylic acids is 1. The average Bonchev–Trinajstić information content (AvgIpc) is 2.98. The fourth-order valence-electron chi connectivity index (χ4n) is 3.17. The van der Waals surface area contributed by atoms with Crippen LogP contribution in [0.2, 0.25) is 0 Å². The van der Waals surface area contributed by atoms with E-state index in [1.54, 1.807) is 0 Å². The number of ether oxygens (including phenoxy) is 1. The Kier molecular flexibility index (Phi) is 5.38. The monoisotopic (exact) mass is 342 g/mol. The third-order valence-corrected chi connectivity index (χ3v) is 4.72. The SMILES string of the molecule is Cc1cccc(OCCNC(=O)[C@@H](C)N2CCc3c(ncn3C)C2)c1. The summed E-state index contributed by atoms with van der Waals surface area (Å²) in [4.78, 5) is 19.0. The molecule has 1 aliphatic heterocycles. The van der Waals surface area contributed by atoms with Gasteiger partial charge in [0.25, 0.3) is 0 Å². The summed E-state index contributed by atoms with van der Waals surface area (Å²) in [5, 5.41) is 2.96. The van der Waals surface area contributed by atoms with E-state index in [4.69, 9.17) is 4.74 Å². The van der Waals surface area contributed by atoms with Crippen LogP contribution in [-0.4, -0.2) is 46.1 Å². The molecule has 1 atom stereocenters. The van der Waals surface area contributed by atoms with Crippen LogP contribution in [0.5, 0.6) is 5.75 Å². The Bertz CT molecular complexity index is 741. The Balaban J connectivity index is 1.44. The number of rotatable bonds is 6. The van der Waals surface area contributed by atoms with Gasteiger partial charge < -0.3 is 14.6 Å². The Morgan fingerprint density at radius 3 is 3.08 bits per heavy atom. The Morgan fingerprint density at radius 2 is 2.28 bits per heavy atom. The van der Waals surface area contributed by atoms with Gasteiger partial charge in [0, 0.05) is 32.3 Å². The van der Waals surface area contributed by atoms with Gasteiger partial charge in [-0.2, -0.15) is 0 Å². The zero-order chi connectivity index (χ0) is 17.8. The summed E-state index contributed by atoms with van der Waals surface area (Å²) in [7, 11) is 2.02. The lowest BCUT2D eigenvalue weighted by Gasteiger charge is -2.31. The number of nitrogens with zero attached hydrogens (tertiary/aromatic N) is 3. The standard InChI is InChI=1S/C19H26N4O2/c1-14-5-4-6-16(11-14)25-10-8-20-19(24)15(2)23-9-7-18-17(12-23)21-13-22(18)3/h4-6,11,13,15H,7-10,12H2,1-3H3,(H,20,24)/t15-/m1/s1. The van der Waals surface area contributed by atoms with Crippen molar-refractivity contribution in [2.24, 2.45) is 7.05 Å². The van der Waals surface area contributed by atoms with Crippen LogP contribution in [0.1, 0.15) is 23.9 Å². The minimum Gasteiger partial charge on any atom is -0.492 e. The molecule has 0 saturated carbocycles. The summed E-state index contributed by atoms with van der Waals surface area (Å²) in [6, 6.07) is 7.74. The van der Waals surface area contributed by atoms with Crippen LogP contribution in [0.15, 0.2) is 30.6 Å². The Hall–Kier alpha value is -2.34. The van der Waals surface area contributed by atoms with E-state index in [9.17, 15) is 4.79 Å². The maximum atomic E-state index is 12.4. The van der Waals surface area contributed by atoms with E-state index >= 15 is 0 Å². The molecule has 0 spiro atoms. The first-order valence-electron chi connectivity index (χ1n) is 8.75. The molecule has 1 aliphatic rings. The van der Waals surface area contributed by atoms with Gasteiger partial charge in [-0.1, -0.05) is 12.1 Å². The second-order valence-corrected chi connectivity index (χ2v) is 6.60. The highest BCUT2D eigenvalue weighted by atomic mass is 16.5. The summed E-state index contributed by atoms with van der Waals surface area (Å²) in [5.74, 6) is 0.869. The molecule has 0 radical (unpaired) electrons. The minimum atomic E-state index is -0.172. The van der Waals surface area contributed by atoms with Gasteiger partial charge >= 0.3 is 0 Å². The van der Waals surface area contributed by atoms with Crippen LogP contribution in [0.25, 0.3) is 0 Å². The van der Waals surface area contributed by atoms with E-state index in [1.165, 1.54) is 5.69 Å². The lowest BCUT2D eigenvalue weighted by atomic mass is 10.1. The number of imidazole rings is 1. The predicted octanol–water partition coefficient (Wildman–Crippen LogP) is 1.67. The number of aromatic nitrogens is 2. The molecule has 6 heteroatoms.